The summed E-state index contributed by atoms with van der Waals surface area (Å²) in [6.45, 7) is 5.81. The van der Waals surface area contributed by atoms with Crippen molar-refractivity contribution < 1.29 is 22.7 Å². The molecule has 1 fully saturated rings. The van der Waals surface area contributed by atoms with E-state index in [-0.39, 0.29) is 18.5 Å². The van der Waals surface area contributed by atoms with Gasteiger partial charge in [-0.05, 0) is 63.4 Å². The molecule has 1 aliphatic rings. The number of sulfonamides is 1. The fourth-order valence-electron chi connectivity index (χ4n) is 4.53. The van der Waals surface area contributed by atoms with Gasteiger partial charge in [0.05, 0.1) is 18.6 Å². The van der Waals surface area contributed by atoms with Crippen molar-refractivity contribution in [3.05, 3.63) is 59.7 Å². The number of nitrogens with zero attached hydrogens (tertiary/aromatic N) is 2. The molecule has 0 saturated heterocycles. The van der Waals surface area contributed by atoms with Crippen molar-refractivity contribution in [1.29, 1.82) is 0 Å². The minimum Gasteiger partial charge on any atom is -0.494 e. The number of rotatable bonds is 11. The van der Waals surface area contributed by atoms with Crippen molar-refractivity contribution in [3.8, 4) is 5.75 Å². The maximum atomic E-state index is 13.7. The normalized spacial score (nSPS) is 15.0. The number of hydrogen-bond donors (Lipinski definition) is 1. The van der Waals surface area contributed by atoms with E-state index in [2.05, 4.69) is 5.32 Å². The Labute approximate surface area is 221 Å². The molecule has 37 heavy (non-hydrogen) atoms. The number of carbonyl (C=O) groups is 2. The van der Waals surface area contributed by atoms with Crippen molar-refractivity contribution in [2.24, 2.45) is 0 Å². The largest absolute Gasteiger partial charge is 0.494 e. The predicted molar refractivity (Wildman–Crippen MR) is 146 cm³/mol. The van der Waals surface area contributed by atoms with Gasteiger partial charge in [0.1, 0.15) is 18.3 Å². The SMILES string of the molecule is CCOc1ccc(N(CC(=O)N(Cc2ccc(C)cc2)[C@H](C)C(=O)NC2CCCCC2)S(C)(=O)=O)cc1. The van der Waals surface area contributed by atoms with Crippen LogP contribution in [-0.4, -0.2) is 56.6 Å². The highest BCUT2D eigenvalue weighted by molar-refractivity contribution is 7.92. The molecule has 0 aromatic heterocycles. The van der Waals surface area contributed by atoms with Gasteiger partial charge in [-0.3, -0.25) is 13.9 Å². The van der Waals surface area contributed by atoms with Crippen LogP contribution in [0.15, 0.2) is 48.5 Å². The van der Waals surface area contributed by atoms with Gasteiger partial charge in [0.2, 0.25) is 21.8 Å². The molecule has 0 spiro atoms. The summed E-state index contributed by atoms with van der Waals surface area (Å²) in [5.74, 6) is -0.0643. The topological polar surface area (TPSA) is 96.0 Å². The van der Waals surface area contributed by atoms with E-state index in [1.165, 1.54) is 11.3 Å². The van der Waals surface area contributed by atoms with Crippen LogP contribution in [0.5, 0.6) is 5.75 Å². The van der Waals surface area contributed by atoms with Crippen LogP contribution in [0.1, 0.15) is 57.1 Å². The second-order valence-corrected chi connectivity index (χ2v) is 11.6. The summed E-state index contributed by atoms with van der Waals surface area (Å²) >= 11 is 0. The highest BCUT2D eigenvalue weighted by Gasteiger charge is 2.31. The Balaban J connectivity index is 1.84. The van der Waals surface area contributed by atoms with Gasteiger partial charge in [-0.25, -0.2) is 8.42 Å². The van der Waals surface area contributed by atoms with Crippen LogP contribution in [0.25, 0.3) is 0 Å². The quantitative estimate of drug-likeness (QED) is 0.474. The zero-order valence-corrected chi connectivity index (χ0v) is 23.1. The standard InChI is InChI=1S/C28H39N3O5S/c1-5-36-26-17-15-25(16-18-26)31(37(4,34)35)20-27(32)30(19-23-13-11-21(2)12-14-23)22(3)28(33)29-24-9-7-6-8-10-24/h11-18,22,24H,5-10,19-20H2,1-4H3,(H,29,33)/t22-/m1/s1. The number of anilines is 1. The molecule has 202 valence electrons. The average molecular weight is 530 g/mol. The molecule has 0 radical (unpaired) electrons. The highest BCUT2D eigenvalue weighted by atomic mass is 32.2. The van der Waals surface area contributed by atoms with E-state index in [0.29, 0.717) is 18.0 Å². The van der Waals surface area contributed by atoms with Gasteiger partial charge < -0.3 is 15.0 Å². The van der Waals surface area contributed by atoms with Crippen LogP contribution >= 0.6 is 0 Å². The van der Waals surface area contributed by atoms with E-state index in [9.17, 15) is 18.0 Å². The Morgan fingerprint density at radius 2 is 1.65 bits per heavy atom. The molecular formula is C28H39N3O5S. The summed E-state index contributed by atoms with van der Waals surface area (Å²) in [6.07, 6.45) is 6.27. The molecular weight excluding hydrogens is 490 g/mol. The fourth-order valence-corrected chi connectivity index (χ4v) is 5.38. The van der Waals surface area contributed by atoms with Gasteiger partial charge >= 0.3 is 0 Å². The number of ether oxygens (including phenoxy) is 1. The monoisotopic (exact) mass is 529 g/mol. The van der Waals surface area contributed by atoms with E-state index >= 15 is 0 Å². The minimum atomic E-state index is -3.77. The average Bonchev–Trinajstić information content (AvgIpc) is 2.87. The third-order valence-corrected chi connectivity index (χ3v) is 7.85. The number of hydrogen-bond acceptors (Lipinski definition) is 5. The predicted octanol–water partition coefficient (Wildman–Crippen LogP) is 4.03. The van der Waals surface area contributed by atoms with Gasteiger partial charge in [-0.2, -0.15) is 0 Å². The van der Waals surface area contributed by atoms with E-state index in [4.69, 9.17) is 4.74 Å². The molecule has 9 heteroatoms. The molecule has 0 unspecified atom stereocenters. The number of carbonyl (C=O) groups excluding carboxylic acids is 2. The maximum Gasteiger partial charge on any atom is 0.244 e. The third-order valence-electron chi connectivity index (χ3n) is 6.71. The highest BCUT2D eigenvalue weighted by Crippen LogP contribution is 2.23. The zero-order chi connectivity index (χ0) is 27.0. The fraction of sp³-hybridized carbons (Fsp3) is 0.500. The maximum absolute atomic E-state index is 13.7. The first-order chi connectivity index (χ1) is 17.6. The van der Waals surface area contributed by atoms with E-state index < -0.39 is 28.5 Å². The Bertz CT molecular complexity index is 1140. The first-order valence-corrected chi connectivity index (χ1v) is 14.8. The Kier molecular flexibility index (Phi) is 9.97. The summed E-state index contributed by atoms with van der Waals surface area (Å²) in [7, 11) is -3.77. The van der Waals surface area contributed by atoms with Crippen molar-refractivity contribution in [2.75, 3.05) is 23.7 Å². The van der Waals surface area contributed by atoms with Gasteiger partial charge in [-0.1, -0.05) is 49.1 Å². The molecule has 0 aliphatic heterocycles. The summed E-state index contributed by atoms with van der Waals surface area (Å²) < 4.78 is 31.9. The third kappa shape index (κ3) is 8.21. The van der Waals surface area contributed by atoms with Crippen molar-refractivity contribution in [1.82, 2.24) is 10.2 Å². The van der Waals surface area contributed by atoms with Crippen molar-refractivity contribution in [2.45, 2.75) is 71.5 Å². The van der Waals surface area contributed by atoms with Gasteiger partial charge in [-0.15, -0.1) is 0 Å². The molecule has 2 aromatic carbocycles. The van der Waals surface area contributed by atoms with Crippen molar-refractivity contribution >= 4 is 27.5 Å². The molecule has 3 rings (SSSR count). The Hall–Kier alpha value is -3.07. The van der Waals surface area contributed by atoms with E-state index in [1.807, 2.05) is 38.1 Å². The summed E-state index contributed by atoms with van der Waals surface area (Å²) in [5.41, 5.74) is 2.31. The second kappa shape index (κ2) is 12.9. The Morgan fingerprint density at radius 3 is 2.22 bits per heavy atom. The summed E-state index contributed by atoms with van der Waals surface area (Å²) in [6, 6.07) is 13.7. The van der Waals surface area contributed by atoms with Crippen LogP contribution in [0.3, 0.4) is 0 Å². The van der Waals surface area contributed by atoms with Crippen LogP contribution in [0.4, 0.5) is 5.69 Å². The van der Waals surface area contributed by atoms with Crippen LogP contribution in [0.2, 0.25) is 0 Å². The smallest absolute Gasteiger partial charge is 0.244 e. The molecule has 8 nitrogen and oxygen atoms in total. The summed E-state index contributed by atoms with van der Waals surface area (Å²) in [4.78, 5) is 28.3. The molecule has 1 aliphatic carbocycles. The number of aryl methyl sites for hydroxylation is 1. The number of benzene rings is 2. The van der Waals surface area contributed by atoms with Crippen LogP contribution in [-0.2, 0) is 26.2 Å². The molecule has 2 amide bonds. The molecule has 1 N–H and O–H groups in total. The number of nitrogens with one attached hydrogen (secondary N) is 1. The van der Waals surface area contributed by atoms with Gasteiger partial charge in [0, 0.05) is 12.6 Å². The lowest BCUT2D eigenvalue weighted by Crippen LogP contribution is -2.52. The first-order valence-electron chi connectivity index (χ1n) is 12.9. The molecule has 0 heterocycles. The molecule has 1 saturated carbocycles. The summed E-state index contributed by atoms with van der Waals surface area (Å²) in [5, 5.41) is 3.10. The zero-order valence-electron chi connectivity index (χ0n) is 22.3. The van der Waals surface area contributed by atoms with E-state index in [1.54, 1.807) is 31.2 Å². The number of amides is 2. The first kappa shape index (κ1) is 28.5. The lowest BCUT2D eigenvalue weighted by atomic mass is 9.95. The van der Waals surface area contributed by atoms with Crippen LogP contribution in [0, 0.1) is 6.92 Å². The Morgan fingerprint density at radius 1 is 1.03 bits per heavy atom. The lowest BCUT2D eigenvalue weighted by molar-refractivity contribution is -0.139. The van der Waals surface area contributed by atoms with Crippen LogP contribution < -0.4 is 14.4 Å². The molecule has 2 aromatic rings. The van der Waals surface area contributed by atoms with E-state index in [0.717, 1.165) is 47.4 Å². The van der Waals surface area contributed by atoms with Crippen molar-refractivity contribution in [3.63, 3.8) is 0 Å². The molecule has 0 bridgehead atoms. The minimum absolute atomic E-state index is 0.108. The van der Waals surface area contributed by atoms with Gasteiger partial charge in [0.25, 0.3) is 0 Å². The second-order valence-electron chi connectivity index (χ2n) is 9.72. The lowest BCUT2D eigenvalue weighted by Gasteiger charge is -2.33. The molecule has 1 atom stereocenters. The van der Waals surface area contributed by atoms with Gasteiger partial charge in [0.15, 0.2) is 0 Å².